The number of Topliss-reactive ketones (excluding diaryl/α,β-unsaturated/α-hetero) is 2. The van der Waals surface area contributed by atoms with Crippen molar-refractivity contribution in [1.29, 1.82) is 0 Å². The molecular weight excluding hydrogens is 816 g/mol. The van der Waals surface area contributed by atoms with Crippen molar-refractivity contribution in [3.8, 4) is 11.6 Å². The lowest BCUT2D eigenvalue weighted by molar-refractivity contribution is -0.143. The molecule has 1 N–H and O–H groups in total. The van der Waals surface area contributed by atoms with Gasteiger partial charge in [-0.3, -0.25) is 19.4 Å². The molecule has 0 radical (unpaired) electrons. The van der Waals surface area contributed by atoms with Crippen molar-refractivity contribution < 1.29 is 46.3 Å². The third-order valence-corrected chi connectivity index (χ3v) is 19.0. The molecule has 0 spiro atoms. The molecular formula is C48H62F3N3O7Si. The van der Waals surface area contributed by atoms with Gasteiger partial charge in [-0.15, -0.1) is 0 Å². The number of fused-ring (bicyclic) bond motifs is 4. The van der Waals surface area contributed by atoms with Gasteiger partial charge >= 0.3 is 6.18 Å². The maximum absolute atomic E-state index is 16.0. The second-order valence-electron chi connectivity index (χ2n) is 19.5. The zero-order valence-electron chi connectivity index (χ0n) is 37.3. The Morgan fingerprint density at radius 3 is 2.27 bits per heavy atom. The van der Waals surface area contributed by atoms with E-state index in [-0.39, 0.29) is 65.5 Å². The summed E-state index contributed by atoms with van der Waals surface area (Å²) in [6.45, 7) is 17.0. The van der Waals surface area contributed by atoms with E-state index in [1.54, 1.807) is 0 Å². The van der Waals surface area contributed by atoms with E-state index in [1.165, 1.54) is 6.07 Å². The summed E-state index contributed by atoms with van der Waals surface area (Å²) in [4.78, 5) is 35.8. The van der Waals surface area contributed by atoms with Crippen molar-refractivity contribution in [2.45, 2.75) is 141 Å². The number of ketones is 2. The summed E-state index contributed by atoms with van der Waals surface area (Å²) in [5, 5.41) is 16.5. The average molecular weight is 878 g/mol. The van der Waals surface area contributed by atoms with E-state index in [0.29, 0.717) is 51.2 Å². The molecule has 1 saturated carbocycles. The van der Waals surface area contributed by atoms with Crippen LogP contribution in [0.4, 0.5) is 13.2 Å². The van der Waals surface area contributed by atoms with Crippen molar-refractivity contribution in [3.63, 3.8) is 0 Å². The van der Waals surface area contributed by atoms with Crippen LogP contribution >= 0.6 is 0 Å². The lowest BCUT2D eigenvalue weighted by atomic mass is 9.56. The third-order valence-electron chi connectivity index (χ3n) is 14.6. The van der Waals surface area contributed by atoms with Crippen LogP contribution < -0.4 is 9.47 Å². The largest absolute Gasteiger partial charge is 0.507 e. The molecule has 10 nitrogen and oxygen atoms in total. The van der Waals surface area contributed by atoms with Crippen molar-refractivity contribution in [3.05, 3.63) is 81.1 Å². The quantitative estimate of drug-likeness (QED) is 0.0954. The first-order chi connectivity index (χ1) is 29.4. The van der Waals surface area contributed by atoms with E-state index in [1.807, 2.05) is 78.0 Å². The van der Waals surface area contributed by atoms with Gasteiger partial charge < -0.3 is 23.5 Å². The molecule has 336 valence electrons. The number of rotatable bonds is 14. The van der Waals surface area contributed by atoms with E-state index < -0.39 is 71.9 Å². The maximum atomic E-state index is 16.0. The number of hydrogen-bond acceptors (Lipinski definition) is 10. The van der Waals surface area contributed by atoms with Gasteiger partial charge in [-0.2, -0.15) is 13.2 Å². The lowest BCUT2D eigenvalue weighted by Crippen LogP contribution is -2.69. The summed E-state index contributed by atoms with van der Waals surface area (Å²) in [6.07, 6.45) is 0.211. The van der Waals surface area contributed by atoms with Crippen LogP contribution in [0.1, 0.15) is 142 Å². The van der Waals surface area contributed by atoms with Crippen LogP contribution in [0.15, 0.2) is 46.5 Å². The van der Waals surface area contributed by atoms with Gasteiger partial charge in [0.05, 0.1) is 30.4 Å². The number of ether oxygens (including phenoxy) is 2. The number of carbonyl (C=O) groups is 2. The molecule has 5 atom stereocenters. The molecule has 0 amide bonds. The van der Waals surface area contributed by atoms with Gasteiger partial charge in [-0.25, -0.2) is 0 Å². The number of carbonyl (C=O) groups excluding carboxylic acids is 2. The SMILES string of the molecule is CCCCOc1cc(C2CCCN2Cc2ccccc2)c(C(F)(F)F)c2c1C(O)=C1C(=O)[C@]3(O[Si](C)(C)C(C)(C)C)C(=O)c4c(OCCCC)noc4[C@@H](N4CCC4)[C@@H]3C[C@@H]1C2. The number of likely N-dealkylation sites (tertiary alicyclic amines) is 2. The molecule has 62 heavy (non-hydrogen) atoms. The molecule has 3 heterocycles. The predicted octanol–water partition coefficient (Wildman–Crippen LogP) is 10.8. The van der Waals surface area contributed by atoms with Crippen LogP contribution in [0, 0.1) is 11.8 Å². The number of aliphatic hydroxyl groups excluding tert-OH is 1. The summed E-state index contributed by atoms with van der Waals surface area (Å²) >= 11 is 0. The van der Waals surface area contributed by atoms with Gasteiger partial charge in [-0.05, 0) is 103 Å². The highest BCUT2D eigenvalue weighted by Gasteiger charge is 2.69. The Hall–Kier alpha value is -3.98. The topological polar surface area (TPSA) is 115 Å². The van der Waals surface area contributed by atoms with Gasteiger partial charge in [0, 0.05) is 37.2 Å². The Morgan fingerprint density at radius 1 is 0.952 bits per heavy atom. The maximum Gasteiger partial charge on any atom is 0.417 e. The van der Waals surface area contributed by atoms with Gasteiger partial charge in [-0.1, -0.05) is 77.8 Å². The van der Waals surface area contributed by atoms with Gasteiger partial charge in [0.25, 0.3) is 5.88 Å². The Kier molecular flexibility index (Phi) is 12.1. The molecule has 1 aromatic heterocycles. The van der Waals surface area contributed by atoms with Crippen molar-refractivity contribution >= 4 is 25.6 Å². The number of aliphatic hydroxyl groups is 1. The summed E-state index contributed by atoms with van der Waals surface area (Å²) in [6, 6.07) is 10.0. The monoisotopic (exact) mass is 877 g/mol. The normalized spacial score (nSPS) is 25.6. The number of unbranched alkanes of at least 4 members (excludes halogenated alkanes) is 2. The minimum absolute atomic E-state index is 0.00456. The first kappa shape index (κ1) is 44.6. The first-order valence-electron chi connectivity index (χ1n) is 22.7. The lowest BCUT2D eigenvalue weighted by Gasteiger charge is -2.56. The fourth-order valence-corrected chi connectivity index (χ4v) is 11.7. The minimum atomic E-state index is -4.79. The first-order valence-corrected chi connectivity index (χ1v) is 25.6. The molecule has 2 aliphatic heterocycles. The minimum Gasteiger partial charge on any atom is -0.507 e. The van der Waals surface area contributed by atoms with Crippen LogP contribution in [0.3, 0.4) is 0 Å². The second-order valence-corrected chi connectivity index (χ2v) is 24.3. The van der Waals surface area contributed by atoms with E-state index in [0.717, 1.165) is 31.2 Å². The van der Waals surface area contributed by atoms with Gasteiger partial charge in [0.15, 0.2) is 19.7 Å². The van der Waals surface area contributed by atoms with Crippen molar-refractivity contribution in [2.24, 2.45) is 11.8 Å². The van der Waals surface area contributed by atoms with E-state index in [4.69, 9.17) is 18.4 Å². The molecule has 8 rings (SSSR count). The van der Waals surface area contributed by atoms with E-state index in [2.05, 4.69) is 15.0 Å². The van der Waals surface area contributed by atoms with E-state index in [9.17, 15) is 5.11 Å². The number of nitrogens with zero attached hydrogens (tertiary/aromatic N) is 3. The van der Waals surface area contributed by atoms with E-state index >= 15 is 22.8 Å². The second kappa shape index (κ2) is 16.9. The highest BCUT2D eigenvalue weighted by atomic mass is 28.4. The highest BCUT2D eigenvalue weighted by molar-refractivity contribution is 6.74. The summed E-state index contributed by atoms with van der Waals surface area (Å²) in [7, 11) is -3.01. The van der Waals surface area contributed by atoms with Gasteiger partial charge in [0.2, 0.25) is 11.6 Å². The third kappa shape index (κ3) is 7.53. The standard InChI is InChI=1S/C48H62F3N3O7Si/c1-8-10-23-58-35-27-31(34-19-15-20-54(34)28-29-17-13-12-14-18-29)39(48(49,50)51)32-25-30-26-33-40(53-21-16-22-53)42-38(45(52-60-42)59-24-11-9-2)44(57)47(33,61-62(6,7)46(3,4)5)43(56)36(30)41(55)37(32)35/h12-14,17-18,27,30,33-34,40,55H,8-11,15-16,19-26,28H2,1-7H3/t30-,33-,34?,40-,47-/m0/s1. The average Bonchev–Trinajstić information content (AvgIpc) is 3.83. The van der Waals surface area contributed by atoms with Crippen LogP contribution in [-0.2, 0) is 28.4 Å². The molecule has 2 saturated heterocycles. The molecule has 3 fully saturated rings. The highest BCUT2D eigenvalue weighted by Crippen LogP contribution is 2.61. The van der Waals surface area contributed by atoms with Gasteiger partial charge in [0.1, 0.15) is 17.1 Å². The summed E-state index contributed by atoms with van der Waals surface area (Å²) in [5.74, 6) is -3.21. The van der Waals surface area contributed by atoms with Crippen LogP contribution in [-0.4, -0.2) is 78.4 Å². The number of halogens is 3. The Balaban J connectivity index is 1.34. The van der Waals surface area contributed by atoms with Crippen LogP contribution in [0.25, 0.3) is 5.76 Å². The molecule has 1 unspecified atom stereocenters. The number of alkyl halides is 3. The molecule has 3 aliphatic carbocycles. The van der Waals surface area contributed by atoms with Crippen LogP contribution in [0.2, 0.25) is 18.1 Å². The van der Waals surface area contributed by atoms with Crippen molar-refractivity contribution in [1.82, 2.24) is 15.0 Å². The fraction of sp³-hybridized carbons (Fsp3) is 0.604. The molecule has 5 aliphatic rings. The Morgan fingerprint density at radius 2 is 1.65 bits per heavy atom. The zero-order valence-corrected chi connectivity index (χ0v) is 38.3. The summed E-state index contributed by atoms with van der Waals surface area (Å²) < 4.78 is 73.6. The summed E-state index contributed by atoms with van der Waals surface area (Å²) in [5.41, 5.74) is -1.98. The molecule has 3 aromatic rings. The Bertz CT molecular complexity index is 2210. The fourth-order valence-electron chi connectivity index (χ4n) is 10.3. The number of aromatic nitrogens is 1. The number of hydrogen-bond donors (Lipinski definition) is 1. The Labute approximate surface area is 364 Å². The smallest absolute Gasteiger partial charge is 0.417 e. The van der Waals surface area contributed by atoms with Crippen LogP contribution in [0.5, 0.6) is 11.6 Å². The zero-order chi connectivity index (χ0) is 44.4. The van der Waals surface area contributed by atoms with Crippen molar-refractivity contribution in [2.75, 3.05) is 32.8 Å². The number of benzene rings is 2. The molecule has 14 heteroatoms. The molecule has 0 bridgehead atoms. The molecule has 2 aromatic carbocycles. The predicted molar refractivity (Wildman–Crippen MR) is 232 cm³/mol.